The number of thiazole rings is 1. The minimum Gasteiger partial charge on any atom is -0.492 e. The lowest BCUT2D eigenvalue weighted by Crippen LogP contribution is -2.45. The van der Waals surface area contributed by atoms with Crippen LogP contribution in [0, 0.1) is 12.8 Å². The fourth-order valence-electron chi connectivity index (χ4n) is 3.68. The second-order valence-electron chi connectivity index (χ2n) is 6.77. The number of carbonyl (C=O) groups is 1. The summed E-state index contributed by atoms with van der Waals surface area (Å²) in [5.74, 6) is 1.49. The van der Waals surface area contributed by atoms with Crippen molar-refractivity contribution in [2.24, 2.45) is 5.92 Å². The Bertz CT molecular complexity index is 742. The van der Waals surface area contributed by atoms with E-state index in [1.54, 1.807) is 11.3 Å². The Morgan fingerprint density at radius 3 is 3.08 bits per heavy atom. The van der Waals surface area contributed by atoms with Crippen LogP contribution in [-0.4, -0.2) is 35.5 Å². The topological polar surface area (TPSA) is 42.4 Å². The average molecular weight is 342 g/mol. The standard InChI is InChI=1S/C19H22N2O2S/c1-13-12-24-18(20-13)15-6-4-8-21(10-15)19(22)16-9-14-5-2-3-7-17(14)23-11-16/h2-3,5,7,12,15-16H,4,6,8-11H2,1H3/t15-,16-/m0/s1. The van der Waals surface area contributed by atoms with E-state index >= 15 is 0 Å². The second kappa shape index (κ2) is 6.55. The molecule has 0 spiro atoms. The Morgan fingerprint density at radius 2 is 2.25 bits per heavy atom. The third-order valence-electron chi connectivity index (χ3n) is 4.95. The molecular weight excluding hydrogens is 320 g/mol. The van der Waals surface area contributed by atoms with E-state index in [1.165, 1.54) is 5.01 Å². The summed E-state index contributed by atoms with van der Waals surface area (Å²) in [7, 11) is 0. The van der Waals surface area contributed by atoms with Gasteiger partial charge in [0.15, 0.2) is 0 Å². The zero-order chi connectivity index (χ0) is 16.5. The van der Waals surface area contributed by atoms with Gasteiger partial charge < -0.3 is 9.64 Å². The second-order valence-corrected chi connectivity index (χ2v) is 7.66. The first-order valence-electron chi connectivity index (χ1n) is 8.62. The molecule has 0 N–H and O–H groups in total. The lowest BCUT2D eigenvalue weighted by molar-refractivity contribution is -0.138. The molecule has 1 aromatic heterocycles. The summed E-state index contributed by atoms with van der Waals surface area (Å²) in [6.07, 6.45) is 2.96. The SMILES string of the molecule is Cc1csc([C@H]2CCCN(C(=O)[C@@H]3COc4ccccc4C3)C2)n1. The van der Waals surface area contributed by atoms with Gasteiger partial charge in [-0.15, -0.1) is 11.3 Å². The van der Waals surface area contributed by atoms with Crippen molar-refractivity contribution >= 4 is 17.2 Å². The van der Waals surface area contributed by atoms with Crippen molar-refractivity contribution in [3.05, 3.63) is 45.9 Å². The first kappa shape index (κ1) is 15.6. The van der Waals surface area contributed by atoms with Crippen molar-refractivity contribution in [1.29, 1.82) is 0 Å². The Morgan fingerprint density at radius 1 is 1.38 bits per heavy atom. The van der Waals surface area contributed by atoms with Crippen LogP contribution < -0.4 is 4.74 Å². The summed E-state index contributed by atoms with van der Waals surface area (Å²) in [6, 6.07) is 8.03. The van der Waals surface area contributed by atoms with Gasteiger partial charge in [-0.3, -0.25) is 4.79 Å². The van der Waals surface area contributed by atoms with Gasteiger partial charge in [0, 0.05) is 30.1 Å². The average Bonchev–Trinajstić information content (AvgIpc) is 3.07. The number of rotatable bonds is 2. The number of carbonyl (C=O) groups excluding carboxylic acids is 1. The summed E-state index contributed by atoms with van der Waals surface area (Å²) in [4.78, 5) is 19.6. The first-order chi connectivity index (χ1) is 11.7. The number of para-hydroxylation sites is 1. The largest absolute Gasteiger partial charge is 0.492 e. The number of aromatic nitrogens is 1. The van der Waals surface area contributed by atoms with Crippen LogP contribution in [0.4, 0.5) is 0 Å². The molecule has 1 fully saturated rings. The zero-order valence-electron chi connectivity index (χ0n) is 13.9. The highest BCUT2D eigenvalue weighted by molar-refractivity contribution is 7.09. The molecule has 1 amide bonds. The van der Waals surface area contributed by atoms with E-state index in [4.69, 9.17) is 4.74 Å². The fourth-order valence-corrected chi connectivity index (χ4v) is 4.61. The van der Waals surface area contributed by atoms with Crippen LogP contribution in [0.25, 0.3) is 0 Å². The summed E-state index contributed by atoms with van der Waals surface area (Å²) >= 11 is 1.72. The summed E-state index contributed by atoms with van der Waals surface area (Å²) in [6.45, 7) is 4.18. The maximum absolute atomic E-state index is 13.0. The molecule has 3 heterocycles. The third kappa shape index (κ3) is 3.05. The molecular formula is C19H22N2O2S. The van der Waals surface area contributed by atoms with E-state index in [9.17, 15) is 4.79 Å². The molecule has 5 heteroatoms. The number of hydrogen-bond acceptors (Lipinski definition) is 4. The molecule has 4 rings (SSSR count). The van der Waals surface area contributed by atoms with E-state index in [0.29, 0.717) is 12.5 Å². The van der Waals surface area contributed by atoms with E-state index < -0.39 is 0 Å². The predicted molar refractivity (Wildman–Crippen MR) is 94.5 cm³/mol. The molecule has 2 atom stereocenters. The number of aryl methyl sites for hydroxylation is 1. The van der Waals surface area contributed by atoms with E-state index in [-0.39, 0.29) is 11.8 Å². The normalized spacial score (nSPS) is 23.5. The van der Waals surface area contributed by atoms with Crippen molar-refractivity contribution in [2.75, 3.05) is 19.7 Å². The van der Waals surface area contributed by atoms with Gasteiger partial charge in [-0.05, 0) is 37.8 Å². The Kier molecular flexibility index (Phi) is 4.27. The van der Waals surface area contributed by atoms with Crippen molar-refractivity contribution in [3.63, 3.8) is 0 Å². The Hall–Kier alpha value is -1.88. The molecule has 2 aliphatic heterocycles. The molecule has 1 aromatic carbocycles. The fraction of sp³-hybridized carbons (Fsp3) is 0.474. The highest BCUT2D eigenvalue weighted by atomic mass is 32.1. The molecule has 2 aliphatic rings. The maximum Gasteiger partial charge on any atom is 0.229 e. The quantitative estimate of drug-likeness (QED) is 0.840. The van der Waals surface area contributed by atoms with Crippen LogP contribution in [0.1, 0.15) is 35.0 Å². The minimum absolute atomic E-state index is 0.0586. The van der Waals surface area contributed by atoms with Crippen molar-refractivity contribution in [3.8, 4) is 5.75 Å². The lowest BCUT2D eigenvalue weighted by atomic mass is 9.93. The monoisotopic (exact) mass is 342 g/mol. The molecule has 24 heavy (non-hydrogen) atoms. The smallest absolute Gasteiger partial charge is 0.229 e. The Balaban J connectivity index is 1.45. The van der Waals surface area contributed by atoms with Crippen LogP contribution in [0.15, 0.2) is 29.6 Å². The molecule has 1 saturated heterocycles. The molecule has 0 aliphatic carbocycles. The molecule has 0 unspecified atom stereocenters. The Labute approximate surface area is 146 Å². The third-order valence-corrected chi connectivity index (χ3v) is 6.07. The number of amides is 1. The van der Waals surface area contributed by atoms with Crippen molar-refractivity contribution in [1.82, 2.24) is 9.88 Å². The number of fused-ring (bicyclic) bond motifs is 1. The van der Waals surface area contributed by atoms with Gasteiger partial charge in [-0.2, -0.15) is 0 Å². The molecule has 0 bridgehead atoms. The summed E-state index contributed by atoms with van der Waals surface area (Å²) < 4.78 is 5.81. The van der Waals surface area contributed by atoms with Crippen LogP contribution in [0.2, 0.25) is 0 Å². The number of piperidine rings is 1. The van der Waals surface area contributed by atoms with Gasteiger partial charge in [-0.1, -0.05) is 18.2 Å². The van der Waals surface area contributed by atoms with Gasteiger partial charge in [0.2, 0.25) is 5.91 Å². The molecule has 0 saturated carbocycles. The number of hydrogen-bond donors (Lipinski definition) is 0. The maximum atomic E-state index is 13.0. The highest BCUT2D eigenvalue weighted by Crippen LogP contribution is 2.32. The van der Waals surface area contributed by atoms with Gasteiger partial charge in [0.05, 0.1) is 10.9 Å². The van der Waals surface area contributed by atoms with Gasteiger partial charge in [0.1, 0.15) is 12.4 Å². The highest BCUT2D eigenvalue weighted by Gasteiger charge is 2.33. The molecule has 2 aromatic rings. The first-order valence-corrected chi connectivity index (χ1v) is 9.50. The van der Waals surface area contributed by atoms with E-state index in [2.05, 4.69) is 16.4 Å². The molecule has 0 radical (unpaired) electrons. The number of nitrogens with zero attached hydrogens (tertiary/aromatic N) is 2. The van der Waals surface area contributed by atoms with Gasteiger partial charge >= 0.3 is 0 Å². The van der Waals surface area contributed by atoms with E-state index in [1.807, 2.05) is 30.0 Å². The van der Waals surface area contributed by atoms with Gasteiger partial charge in [-0.25, -0.2) is 4.98 Å². The summed E-state index contributed by atoms with van der Waals surface area (Å²) in [5, 5.41) is 3.28. The zero-order valence-corrected chi connectivity index (χ0v) is 14.7. The van der Waals surface area contributed by atoms with Crippen molar-refractivity contribution in [2.45, 2.75) is 32.1 Å². The van der Waals surface area contributed by atoms with E-state index in [0.717, 1.165) is 49.4 Å². The summed E-state index contributed by atoms with van der Waals surface area (Å²) in [5.41, 5.74) is 2.22. The van der Waals surface area contributed by atoms with Crippen LogP contribution in [0.3, 0.4) is 0 Å². The number of benzene rings is 1. The van der Waals surface area contributed by atoms with Crippen LogP contribution in [-0.2, 0) is 11.2 Å². The predicted octanol–water partition coefficient (Wildman–Crippen LogP) is 3.41. The van der Waals surface area contributed by atoms with Gasteiger partial charge in [0.25, 0.3) is 0 Å². The minimum atomic E-state index is -0.0586. The molecule has 4 nitrogen and oxygen atoms in total. The number of likely N-dealkylation sites (tertiary alicyclic amines) is 1. The lowest BCUT2D eigenvalue weighted by Gasteiger charge is -2.35. The van der Waals surface area contributed by atoms with Crippen LogP contribution in [0.5, 0.6) is 5.75 Å². The number of ether oxygens (including phenoxy) is 1. The van der Waals surface area contributed by atoms with Crippen molar-refractivity contribution < 1.29 is 9.53 Å². The molecule has 126 valence electrons. The van der Waals surface area contributed by atoms with Crippen LogP contribution >= 0.6 is 11.3 Å².